The van der Waals surface area contributed by atoms with Gasteiger partial charge in [-0.1, -0.05) is 6.07 Å². The van der Waals surface area contributed by atoms with Crippen LogP contribution in [0, 0.1) is 5.41 Å². The molecule has 1 saturated carbocycles. The quantitative estimate of drug-likeness (QED) is 0.883. The molecule has 0 aromatic carbocycles. The predicted octanol–water partition coefficient (Wildman–Crippen LogP) is 2.74. The second kappa shape index (κ2) is 4.27. The third kappa shape index (κ3) is 2.15. The van der Waals surface area contributed by atoms with Crippen LogP contribution in [0.25, 0.3) is 10.7 Å². The van der Waals surface area contributed by atoms with Gasteiger partial charge in [0.05, 0.1) is 4.88 Å². The summed E-state index contributed by atoms with van der Waals surface area (Å²) in [6.07, 6.45) is 7.74. The van der Waals surface area contributed by atoms with Crippen molar-refractivity contribution in [1.29, 1.82) is 0 Å². The Morgan fingerprint density at radius 3 is 3.00 bits per heavy atom. The van der Waals surface area contributed by atoms with Crippen LogP contribution in [0.3, 0.4) is 0 Å². The summed E-state index contributed by atoms with van der Waals surface area (Å²) in [5, 5.41) is 2.10. The number of imidazole rings is 1. The van der Waals surface area contributed by atoms with E-state index in [9.17, 15) is 0 Å². The molecule has 3 nitrogen and oxygen atoms in total. The highest BCUT2D eigenvalue weighted by Gasteiger charge is 2.42. The summed E-state index contributed by atoms with van der Waals surface area (Å²) in [6.45, 7) is 1.86. The molecule has 17 heavy (non-hydrogen) atoms. The molecule has 0 unspecified atom stereocenters. The van der Waals surface area contributed by atoms with Gasteiger partial charge in [-0.2, -0.15) is 0 Å². The number of nitrogens with zero attached hydrogens (tertiary/aromatic N) is 2. The van der Waals surface area contributed by atoms with Crippen LogP contribution in [0.5, 0.6) is 0 Å². The summed E-state index contributed by atoms with van der Waals surface area (Å²) < 4.78 is 2.29. The lowest BCUT2D eigenvalue weighted by Crippen LogP contribution is -2.16. The third-order valence-corrected chi connectivity index (χ3v) is 4.46. The Balaban J connectivity index is 1.83. The normalized spacial score (nSPS) is 17.2. The van der Waals surface area contributed by atoms with E-state index in [-0.39, 0.29) is 0 Å². The van der Waals surface area contributed by atoms with E-state index >= 15 is 0 Å². The van der Waals surface area contributed by atoms with Gasteiger partial charge in [-0.15, -0.1) is 11.3 Å². The molecule has 1 aliphatic carbocycles. The van der Waals surface area contributed by atoms with Crippen LogP contribution in [-0.4, -0.2) is 16.1 Å². The van der Waals surface area contributed by atoms with Crippen LogP contribution >= 0.6 is 11.3 Å². The minimum atomic E-state index is 0.460. The maximum Gasteiger partial charge on any atom is 0.150 e. The summed E-state index contributed by atoms with van der Waals surface area (Å²) in [7, 11) is 0. The number of thiophene rings is 1. The van der Waals surface area contributed by atoms with Crippen LogP contribution in [0.15, 0.2) is 29.9 Å². The van der Waals surface area contributed by atoms with Crippen LogP contribution in [0.4, 0.5) is 0 Å². The lowest BCUT2D eigenvalue weighted by atomic mass is 10.0. The number of hydrogen-bond acceptors (Lipinski definition) is 3. The van der Waals surface area contributed by atoms with Gasteiger partial charge in [-0.25, -0.2) is 4.98 Å². The summed E-state index contributed by atoms with van der Waals surface area (Å²) in [5.74, 6) is 1.10. The highest BCUT2D eigenvalue weighted by Crippen LogP contribution is 2.50. The molecule has 2 N–H and O–H groups in total. The predicted molar refractivity (Wildman–Crippen MR) is 70.9 cm³/mol. The van der Waals surface area contributed by atoms with E-state index < -0.39 is 0 Å². The highest BCUT2D eigenvalue weighted by atomic mass is 32.1. The molecule has 0 amide bonds. The van der Waals surface area contributed by atoms with E-state index in [2.05, 4.69) is 33.3 Å². The Kier molecular flexibility index (Phi) is 2.76. The SMILES string of the molecule is NCCC1(Cn2ccnc2-c2cccs2)CC1. The maximum absolute atomic E-state index is 5.69. The molecule has 0 spiro atoms. The van der Waals surface area contributed by atoms with Crippen molar-refractivity contribution in [1.82, 2.24) is 9.55 Å². The molecule has 2 aromatic rings. The number of hydrogen-bond donors (Lipinski definition) is 1. The highest BCUT2D eigenvalue weighted by molar-refractivity contribution is 7.13. The first-order valence-electron chi connectivity index (χ1n) is 6.08. The third-order valence-electron chi connectivity index (χ3n) is 3.59. The molecule has 0 radical (unpaired) electrons. The molecule has 2 aromatic heterocycles. The summed E-state index contributed by atoms with van der Waals surface area (Å²) in [4.78, 5) is 5.72. The summed E-state index contributed by atoms with van der Waals surface area (Å²) in [6, 6.07) is 4.21. The van der Waals surface area contributed by atoms with Gasteiger partial charge < -0.3 is 10.3 Å². The molecule has 4 heteroatoms. The van der Waals surface area contributed by atoms with Crippen molar-refractivity contribution in [2.24, 2.45) is 11.1 Å². The van der Waals surface area contributed by atoms with Crippen LogP contribution in [0.2, 0.25) is 0 Å². The Hall–Kier alpha value is -1.13. The van der Waals surface area contributed by atoms with E-state index in [1.54, 1.807) is 11.3 Å². The second-order valence-electron chi connectivity index (χ2n) is 4.89. The van der Waals surface area contributed by atoms with Gasteiger partial charge in [0, 0.05) is 18.9 Å². The van der Waals surface area contributed by atoms with Crippen LogP contribution < -0.4 is 5.73 Å². The largest absolute Gasteiger partial charge is 0.330 e. The summed E-state index contributed by atoms with van der Waals surface area (Å²) in [5.41, 5.74) is 6.15. The molecule has 3 rings (SSSR count). The van der Waals surface area contributed by atoms with Crippen molar-refractivity contribution < 1.29 is 0 Å². The molecule has 1 aliphatic rings. The van der Waals surface area contributed by atoms with Gasteiger partial charge >= 0.3 is 0 Å². The average molecular weight is 247 g/mol. The molecular formula is C13H17N3S. The topological polar surface area (TPSA) is 43.8 Å². The first kappa shape index (κ1) is 11.0. The van der Waals surface area contributed by atoms with Crippen molar-refractivity contribution in [3.05, 3.63) is 29.9 Å². The molecule has 1 fully saturated rings. The number of aromatic nitrogens is 2. The van der Waals surface area contributed by atoms with Crippen molar-refractivity contribution in [3.63, 3.8) is 0 Å². The number of rotatable bonds is 5. The standard InChI is InChI=1S/C13H17N3S/c14-6-5-13(3-4-13)10-16-8-7-15-12(16)11-2-1-9-17-11/h1-2,7-9H,3-6,10,14H2. The molecular weight excluding hydrogens is 230 g/mol. The smallest absolute Gasteiger partial charge is 0.150 e. The van der Waals surface area contributed by atoms with E-state index in [4.69, 9.17) is 5.73 Å². The van der Waals surface area contributed by atoms with Crippen LogP contribution in [0.1, 0.15) is 19.3 Å². The first-order chi connectivity index (χ1) is 8.33. The van der Waals surface area contributed by atoms with E-state index in [1.165, 1.54) is 17.7 Å². The van der Waals surface area contributed by atoms with Crippen molar-refractivity contribution in [3.8, 4) is 10.7 Å². The number of nitrogens with two attached hydrogens (primary N) is 1. The van der Waals surface area contributed by atoms with E-state index in [1.807, 2.05) is 6.20 Å². The lowest BCUT2D eigenvalue weighted by Gasteiger charge is -2.16. The first-order valence-corrected chi connectivity index (χ1v) is 6.96. The molecule has 0 bridgehead atoms. The van der Waals surface area contributed by atoms with Gasteiger partial charge in [0.2, 0.25) is 0 Å². The molecule has 0 saturated heterocycles. The molecule has 2 heterocycles. The van der Waals surface area contributed by atoms with Gasteiger partial charge in [-0.3, -0.25) is 0 Å². The molecule has 90 valence electrons. The van der Waals surface area contributed by atoms with Gasteiger partial charge in [0.15, 0.2) is 0 Å². The average Bonchev–Trinajstić information content (AvgIpc) is 2.77. The maximum atomic E-state index is 5.69. The fourth-order valence-corrected chi connectivity index (χ4v) is 3.14. The Morgan fingerprint density at radius 2 is 2.35 bits per heavy atom. The zero-order valence-corrected chi connectivity index (χ0v) is 10.6. The monoisotopic (exact) mass is 247 g/mol. The van der Waals surface area contributed by atoms with Crippen molar-refractivity contribution >= 4 is 11.3 Å². The Bertz CT molecular complexity index is 482. The molecule has 0 aliphatic heterocycles. The van der Waals surface area contributed by atoms with Crippen LogP contribution in [-0.2, 0) is 6.54 Å². The van der Waals surface area contributed by atoms with Gasteiger partial charge in [0.25, 0.3) is 0 Å². The summed E-state index contributed by atoms with van der Waals surface area (Å²) >= 11 is 1.75. The second-order valence-corrected chi connectivity index (χ2v) is 5.84. The lowest BCUT2D eigenvalue weighted by molar-refractivity contribution is 0.400. The minimum absolute atomic E-state index is 0.460. The Labute approximate surface area is 105 Å². The minimum Gasteiger partial charge on any atom is -0.330 e. The molecule has 0 atom stereocenters. The van der Waals surface area contributed by atoms with E-state index in [0.29, 0.717) is 5.41 Å². The van der Waals surface area contributed by atoms with Crippen molar-refractivity contribution in [2.75, 3.05) is 6.54 Å². The van der Waals surface area contributed by atoms with E-state index in [0.717, 1.165) is 25.3 Å². The fourth-order valence-electron chi connectivity index (χ4n) is 2.40. The zero-order chi connectivity index (χ0) is 11.7. The Morgan fingerprint density at radius 1 is 1.47 bits per heavy atom. The zero-order valence-electron chi connectivity index (χ0n) is 9.80. The van der Waals surface area contributed by atoms with Crippen molar-refractivity contribution in [2.45, 2.75) is 25.8 Å². The fraction of sp³-hybridized carbons (Fsp3) is 0.462. The van der Waals surface area contributed by atoms with Gasteiger partial charge in [-0.05, 0) is 42.7 Å². The van der Waals surface area contributed by atoms with Gasteiger partial charge in [0.1, 0.15) is 5.82 Å².